The van der Waals surface area contributed by atoms with E-state index in [1.807, 2.05) is 16.0 Å². The maximum absolute atomic E-state index is 12.2. The molecular weight excluding hydrogens is 372 g/mol. The number of imidazole rings is 1. The maximum Gasteiger partial charge on any atom is 0.271 e. The third kappa shape index (κ3) is 4.42. The van der Waals surface area contributed by atoms with Crippen LogP contribution in [-0.4, -0.2) is 28.1 Å². The first-order chi connectivity index (χ1) is 12.5. The molecule has 2 aromatic heterocycles. The second-order valence-electron chi connectivity index (χ2n) is 6.10. The van der Waals surface area contributed by atoms with Gasteiger partial charge in [0.1, 0.15) is 11.4 Å². The maximum atomic E-state index is 12.2. The van der Waals surface area contributed by atoms with Crippen molar-refractivity contribution in [1.82, 2.24) is 14.8 Å². The van der Waals surface area contributed by atoms with E-state index in [9.17, 15) is 4.79 Å². The van der Waals surface area contributed by atoms with Crippen LogP contribution in [0.4, 0.5) is 0 Å². The lowest BCUT2D eigenvalue weighted by atomic mass is 10.1. The number of nitrogens with one attached hydrogen (secondary N) is 1. The van der Waals surface area contributed by atoms with Crippen LogP contribution < -0.4 is 10.2 Å². The Labute approximate surface area is 160 Å². The summed E-state index contributed by atoms with van der Waals surface area (Å²) in [6, 6.07) is 6.97. The van der Waals surface area contributed by atoms with Crippen LogP contribution >= 0.6 is 22.9 Å². The lowest BCUT2D eigenvalue weighted by molar-refractivity contribution is 0.0955. The van der Waals surface area contributed by atoms with Crippen LogP contribution in [0, 0.1) is 5.92 Å². The highest BCUT2D eigenvalue weighted by atomic mass is 35.5. The highest BCUT2D eigenvalue weighted by molar-refractivity contribution is 7.15. The molecule has 0 radical (unpaired) electrons. The molecule has 1 amide bonds. The lowest BCUT2D eigenvalue weighted by Crippen LogP contribution is -2.17. The molecule has 0 bridgehead atoms. The number of thiazole rings is 1. The van der Waals surface area contributed by atoms with Gasteiger partial charge in [-0.05, 0) is 36.6 Å². The highest BCUT2D eigenvalue weighted by Crippen LogP contribution is 2.19. The Hall–Kier alpha value is -2.38. The molecule has 0 aliphatic heterocycles. The topological polar surface area (TPSA) is 68.0 Å². The number of aromatic nitrogens is 2. The van der Waals surface area contributed by atoms with Crippen molar-refractivity contribution in [2.24, 2.45) is 11.0 Å². The van der Waals surface area contributed by atoms with Gasteiger partial charge < -0.3 is 4.74 Å². The Bertz CT molecular complexity index is 915. The summed E-state index contributed by atoms with van der Waals surface area (Å²) in [7, 11) is 0. The van der Waals surface area contributed by atoms with Gasteiger partial charge in [-0.15, -0.1) is 11.3 Å². The minimum absolute atomic E-state index is 0.308. The third-order valence-electron chi connectivity index (χ3n) is 3.69. The number of fused-ring (bicyclic) bond motifs is 1. The molecule has 3 rings (SSSR count). The van der Waals surface area contributed by atoms with Gasteiger partial charge in [-0.25, -0.2) is 10.4 Å². The van der Waals surface area contributed by atoms with Gasteiger partial charge in [0.2, 0.25) is 0 Å². The SMILES string of the molecule is CC(C)CCOc1ccc(C(=O)N/N=C\c2c(Cl)nc3sccn23)cc1. The Morgan fingerprint density at radius 3 is 2.92 bits per heavy atom. The number of carbonyl (C=O) groups excluding carboxylic acids is 1. The minimum atomic E-state index is -0.308. The van der Waals surface area contributed by atoms with Gasteiger partial charge in [0, 0.05) is 17.1 Å². The number of amides is 1. The molecule has 0 saturated carbocycles. The minimum Gasteiger partial charge on any atom is -0.494 e. The van der Waals surface area contributed by atoms with Gasteiger partial charge in [0.25, 0.3) is 5.91 Å². The van der Waals surface area contributed by atoms with Gasteiger partial charge in [-0.2, -0.15) is 5.10 Å². The van der Waals surface area contributed by atoms with Crippen LogP contribution in [0.3, 0.4) is 0 Å². The average Bonchev–Trinajstić information content (AvgIpc) is 3.17. The summed E-state index contributed by atoms with van der Waals surface area (Å²) in [4.78, 5) is 17.1. The number of rotatable bonds is 7. The number of nitrogens with zero attached hydrogens (tertiary/aromatic N) is 3. The summed E-state index contributed by atoms with van der Waals surface area (Å²) in [6.07, 6.45) is 4.32. The fourth-order valence-electron chi connectivity index (χ4n) is 2.22. The van der Waals surface area contributed by atoms with Crippen molar-refractivity contribution in [3.8, 4) is 5.75 Å². The standard InChI is InChI=1S/C18H19ClN4O2S/c1-12(2)7-9-25-14-5-3-13(4-6-14)17(24)22-20-11-15-16(19)21-18-23(15)8-10-26-18/h3-6,8,10-12H,7,9H2,1-2H3,(H,22,24)/b20-11-. The number of halogens is 1. The molecule has 0 aliphatic carbocycles. The first-order valence-corrected chi connectivity index (χ1v) is 9.47. The summed E-state index contributed by atoms with van der Waals surface area (Å²) in [5, 5.41) is 6.22. The monoisotopic (exact) mass is 390 g/mol. The number of ether oxygens (including phenoxy) is 1. The van der Waals surface area contributed by atoms with E-state index in [0.29, 0.717) is 28.9 Å². The largest absolute Gasteiger partial charge is 0.494 e. The first kappa shape index (κ1) is 18.4. The van der Waals surface area contributed by atoms with E-state index in [-0.39, 0.29) is 5.91 Å². The summed E-state index contributed by atoms with van der Waals surface area (Å²) in [5.41, 5.74) is 3.61. The predicted octanol–water partition coefficient (Wildman–Crippen LogP) is 4.24. The molecule has 0 saturated heterocycles. The van der Waals surface area contributed by atoms with Crippen LogP contribution in [0.2, 0.25) is 5.15 Å². The van der Waals surface area contributed by atoms with Gasteiger partial charge in [-0.3, -0.25) is 9.20 Å². The smallest absolute Gasteiger partial charge is 0.271 e. The van der Waals surface area contributed by atoms with Crippen molar-refractivity contribution in [3.63, 3.8) is 0 Å². The van der Waals surface area contributed by atoms with Crippen LogP contribution in [0.5, 0.6) is 5.75 Å². The van der Waals surface area contributed by atoms with Crippen LogP contribution in [-0.2, 0) is 0 Å². The zero-order valence-electron chi connectivity index (χ0n) is 14.5. The summed E-state index contributed by atoms with van der Waals surface area (Å²) >= 11 is 7.55. The van der Waals surface area contributed by atoms with Crippen LogP contribution in [0.25, 0.3) is 4.96 Å². The Kier molecular flexibility index (Phi) is 5.90. The van der Waals surface area contributed by atoms with Crippen molar-refractivity contribution in [3.05, 3.63) is 52.3 Å². The zero-order valence-corrected chi connectivity index (χ0v) is 16.0. The molecule has 0 spiro atoms. The summed E-state index contributed by atoms with van der Waals surface area (Å²) in [6.45, 7) is 4.96. The van der Waals surface area contributed by atoms with E-state index in [0.717, 1.165) is 17.1 Å². The predicted molar refractivity (Wildman–Crippen MR) is 105 cm³/mol. The van der Waals surface area contributed by atoms with Gasteiger partial charge in [0.05, 0.1) is 12.8 Å². The Balaban J connectivity index is 1.58. The second-order valence-corrected chi connectivity index (χ2v) is 7.33. The number of hydrogen-bond acceptors (Lipinski definition) is 5. The number of hydrogen-bond donors (Lipinski definition) is 1. The van der Waals surface area contributed by atoms with Crippen molar-refractivity contribution in [2.75, 3.05) is 6.61 Å². The molecule has 136 valence electrons. The van der Waals surface area contributed by atoms with Crippen molar-refractivity contribution < 1.29 is 9.53 Å². The third-order valence-corrected chi connectivity index (χ3v) is 4.72. The Morgan fingerprint density at radius 2 is 2.19 bits per heavy atom. The first-order valence-electron chi connectivity index (χ1n) is 8.22. The molecule has 1 N–H and O–H groups in total. The van der Waals surface area contributed by atoms with E-state index in [1.165, 1.54) is 17.6 Å². The summed E-state index contributed by atoms with van der Waals surface area (Å²) < 4.78 is 7.45. The molecular formula is C18H19ClN4O2S. The van der Waals surface area contributed by atoms with E-state index < -0.39 is 0 Å². The molecule has 6 nitrogen and oxygen atoms in total. The van der Waals surface area contributed by atoms with Gasteiger partial charge >= 0.3 is 0 Å². The quantitative estimate of drug-likeness (QED) is 0.484. The molecule has 8 heteroatoms. The molecule has 3 aromatic rings. The second kappa shape index (κ2) is 8.33. The van der Waals surface area contributed by atoms with Gasteiger partial charge in [-0.1, -0.05) is 25.4 Å². The number of carbonyl (C=O) groups is 1. The summed E-state index contributed by atoms with van der Waals surface area (Å²) in [5.74, 6) is 1.03. The molecule has 0 unspecified atom stereocenters. The fourth-order valence-corrected chi connectivity index (χ4v) is 3.22. The van der Waals surface area contributed by atoms with Crippen LogP contribution in [0.15, 0.2) is 40.9 Å². The molecule has 1 aromatic carbocycles. The van der Waals surface area contributed by atoms with Crippen molar-refractivity contribution in [1.29, 1.82) is 0 Å². The molecule has 0 atom stereocenters. The Morgan fingerprint density at radius 1 is 1.42 bits per heavy atom. The van der Waals surface area contributed by atoms with E-state index in [1.54, 1.807) is 24.3 Å². The molecule has 26 heavy (non-hydrogen) atoms. The zero-order chi connectivity index (χ0) is 18.5. The fraction of sp³-hybridized carbons (Fsp3) is 0.278. The molecule has 0 aliphatic rings. The van der Waals surface area contributed by atoms with Crippen LogP contribution in [0.1, 0.15) is 36.3 Å². The van der Waals surface area contributed by atoms with E-state index in [2.05, 4.69) is 29.4 Å². The highest BCUT2D eigenvalue weighted by Gasteiger charge is 2.09. The molecule has 2 heterocycles. The normalized spacial score (nSPS) is 11.5. The van der Waals surface area contributed by atoms with Crippen molar-refractivity contribution in [2.45, 2.75) is 20.3 Å². The number of benzene rings is 1. The van der Waals surface area contributed by atoms with E-state index >= 15 is 0 Å². The number of hydrazone groups is 1. The van der Waals surface area contributed by atoms with E-state index in [4.69, 9.17) is 16.3 Å². The average molecular weight is 391 g/mol. The van der Waals surface area contributed by atoms with Gasteiger partial charge in [0.15, 0.2) is 10.1 Å². The molecule has 0 fully saturated rings. The lowest BCUT2D eigenvalue weighted by Gasteiger charge is -2.08. The van der Waals surface area contributed by atoms with Crippen molar-refractivity contribution >= 4 is 40.0 Å².